The summed E-state index contributed by atoms with van der Waals surface area (Å²) in [7, 11) is 3.33. The van der Waals surface area contributed by atoms with E-state index in [-0.39, 0.29) is 5.97 Å². The first-order valence-electron chi connectivity index (χ1n) is 6.40. The molecule has 0 spiro atoms. The first-order valence-corrected chi connectivity index (χ1v) is 7.38. The van der Waals surface area contributed by atoms with Gasteiger partial charge in [0.2, 0.25) is 0 Å². The number of hydrogen-bond donors (Lipinski definition) is 1. The molecule has 0 fully saturated rings. The quantitative estimate of drug-likeness (QED) is 0.611. The van der Waals surface area contributed by atoms with Crippen LogP contribution in [-0.4, -0.2) is 40.7 Å². The summed E-state index contributed by atoms with van der Waals surface area (Å²) in [5.74, 6) is 0.380. The van der Waals surface area contributed by atoms with Gasteiger partial charge in [-0.25, -0.2) is 0 Å². The molecule has 1 atom stereocenters. The van der Waals surface area contributed by atoms with Crippen LogP contribution in [0.25, 0.3) is 0 Å². The Labute approximate surface area is 119 Å². The third kappa shape index (κ3) is 4.24. The second-order valence-corrected chi connectivity index (χ2v) is 5.78. The number of methoxy groups -OCH3 is 1. The highest BCUT2D eigenvalue weighted by Gasteiger charge is 2.34. The Morgan fingerprint density at radius 2 is 2.32 bits per heavy atom. The van der Waals surface area contributed by atoms with Crippen LogP contribution in [0.15, 0.2) is 11.1 Å². The monoisotopic (exact) mass is 285 g/mol. The van der Waals surface area contributed by atoms with Crippen molar-refractivity contribution in [2.75, 3.05) is 19.4 Å². The maximum Gasteiger partial charge on any atom is 0.326 e. The van der Waals surface area contributed by atoms with E-state index in [1.54, 1.807) is 11.8 Å². The highest BCUT2D eigenvalue weighted by Crippen LogP contribution is 2.23. The van der Waals surface area contributed by atoms with E-state index in [1.807, 2.05) is 31.6 Å². The third-order valence-corrected chi connectivity index (χ3v) is 4.27. The summed E-state index contributed by atoms with van der Waals surface area (Å²) in [4.78, 5) is 11.9. The summed E-state index contributed by atoms with van der Waals surface area (Å²) in [5, 5.41) is 8.61. The fourth-order valence-electron chi connectivity index (χ4n) is 1.75. The largest absolute Gasteiger partial charge is 0.468 e. The van der Waals surface area contributed by atoms with Gasteiger partial charge in [0.1, 0.15) is 5.54 Å². The zero-order chi connectivity index (χ0) is 14.5. The number of carbonyl (C=O) groups is 1. The smallest absolute Gasteiger partial charge is 0.326 e. The van der Waals surface area contributed by atoms with Gasteiger partial charge in [-0.05, 0) is 32.9 Å². The molecule has 1 aromatic heterocycles. The van der Waals surface area contributed by atoms with Gasteiger partial charge in [-0.2, -0.15) is 5.10 Å². The Kier molecular flexibility index (Phi) is 5.87. The van der Waals surface area contributed by atoms with Crippen LogP contribution < -0.4 is 5.32 Å². The molecule has 1 rings (SSSR count). The van der Waals surface area contributed by atoms with E-state index < -0.39 is 5.54 Å². The molecule has 5 nitrogen and oxygen atoms in total. The number of nitrogens with one attached hydrogen (secondary N) is 1. The molecule has 0 bridgehead atoms. The van der Waals surface area contributed by atoms with Gasteiger partial charge in [0.05, 0.1) is 17.8 Å². The van der Waals surface area contributed by atoms with E-state index in [4.69, 9.17) is 4.74 Å². The Bertz CT molecular complexity index is 434. The van der Waals surface area contributed by atoms with Crippen LogP contribution in [0.1, 0.15) is 26.0 Å². The molecule has 6 heteroatoms. The lowest BCUT2D eigenvalue weighted by Crippen LogP contribution is -2.52. The van der Waals surface area contributed by atoms with Crippen molar-refractivity contribution in [3.8, 4) is 0 Å². The Morgan fingerprint density at radius 3 is 2.79 bits per heavy atom. The molecule has 0 aromatic carbocycles. The lowest BCUT2D eigenvalue weighted by atomic mass is 10.1. The molecule has 108 valence electrons. The average Bonchev–Trinajstić information content (AvgIpc) is 2.71. The van der Waals surface area contributed by atoms with Crippen molar-refractivity contribution < 1.29 is 9.53 Å². The first-order chi connectivity index (χ1) is 8.92. The van der Waals surface area contributed by atoms with Crippen LogP contribution in [0.5, 0.6) is 0 Å². The molecule has 1 heterocycles. The maximum absolute atomic E-state index is 11.9. The summed E-state index contributed by atoms with van der Waals surface area (Å²) >= 11 is 1.61. The van der Waals surface area contributed by atoms with Crippen LogP contribution in [-0.2, 0) is 16.6 Å². The lowest BCUT2D eigenvalue weighted by Gasteiger charge is -2.27. The SMILES string of the molecule is CCCNC(C)(CSc1cc(C)nn1C)C(=O)OC. The van der Waals surface area contributed by atoms with Crippen LogP contribution in [0.2, 0.25) is 0 Å². The second kappa shape index (κ2) is 6.96. The van der Waals surface area contributed by atoms with Gasteiger partial charge in [0.15, 0.2) is 0 Å². The minimum Gasteiger partial charge on any atom is -0.468 e. The second-order valence-electron chi connectivity index (χ2n) is 4.79. The molecule has 19 heavy (non-hydrogen) atoms. The van der Waals surface area contributed by atoms with E-state index in [0.29, 0.717) is 5.75 Å². The predicted molar refractivity (Wildman–Crippen MR) is 77.4 cm³/mol. The molecule has 0 aliphatic heterocycles. The van der Waals surface area contributed by atoms with Gasteiger partial charge in [0.25, 0.3) is 0 Å². The number of thioether (sulfide) groups is 1. The van der Waals surface area contributed by atoms with Crippen LogP contribution in [0, 0.1) is 6.92 Å². The predicted octanol–water partition coefficient (Wildman–Crippen LogP) is 1.75. The van der Waals surface area contributed by atoms with E-state index in [1.165, 1.54) is 7.11 Å². The zero-order valence-electron chi connectivity index (χ0n) is 12.3. The summed E-state index contributed by atoms with van der Waals surface area (Å²) < 4.78 is 6.73. The molecule has 0 radical (unpaired) electrons. The molecule has 0 aliphatic rings. The Morgan fingerprint density at radius 1 is 1.63 bits per heavy atom. The normalized spacial score (nSPS) is 14.2. The van der Waals surface area contributed by atoms with Gasteiger partial charge < -0.3 is 10.1 Å². The fraction of sp³-hybridized carbons (Fsp3) is 0.692. The van der Waals surface area contributed by atoms with Gasteiger partial charge in [-0.15, -0.1) is 11.8 Å². The number of aromatic nitrogens is 2. The average molecular weight is 285 g/mol. The molecule has 0 aliphatic carbocycles. The zero-order valence-corrected chi connectivity index (χ0v) is 13.1. The fourth-order valence-corrected chi connectivity index (χ4v) is 2.89. The lowest BCUT2D eigenvalue weighted by molar-refractivity contribution is -0.146. The highest BCUT2D eigenvalue weighted by atomic mass is 32.2. The first kappa shape index (κ1) is 16.0. The summed E-state index contributed by atoms with van der Waals surface area (Å²) in [5.41, 5.74) is 0.305. The highest BCUT2D eigenvalue weighted by molar-refractivity contribution is 7.99. The molecule has 0 saturated carbocycles. The van der Waals surface area contributed by atoms with Gasteiger partial charge in [-0.1, -0.05) is 6.92 Å². The molecule has 1 unspecified atom stereocenters. The van der Waals surface area contributed by atoms with Crippen molar-refractivity contribution >= 4 is 17.7 Å². The molecule has 1 aromatic rings. The molecular formula is C13H23N3O2S. The topological polar surface area (TPSA) is 56.2 Å². The number of nitrogens with zero attached hydrogens (tertiary/aromatic N) is 2. The van der Waals surface area contributed by atoms with E-state index >= 15 is 0 Å². The van der Waals surface area contributed by atoms with Gasteiger partial charge in [-0.3, -0.25) is 9.48 Å². The van der Waals surface area contributed by atoms with Crippen molar-refractivity contribution in [2.24, 2.45) is 7.05 Å². The molecule has 0 saturated heterocycles. The van der Waals surface area contributed by atoms with E-state index in [0.717, 1.165) is 23.7 Å². The van der Waals surface area contributed by atoms with Crippen LogP contribution in [0.4, 0.5) is 0 Å². The summed E-state index contributed by atoms with van der Waals surface area (Å²) in [6.07, 6.45) is 0.974. The number of rotatable bonds is 7. The minimum absolute atomic E-state index is 0.229. The standard InChI is InChI=1S/C13H23N3O2S/c1-6-7-14-13(3,12(17)18-5)9-19-11-8-10(2)15-16(11)4/h8,14H,6-7,9H2,1-5H3. The number of aryl methyl sites for hydroxylation is 2. The van der Waals surface area contributed by atoms with Crippen molar-refractivity contribution in [3.63, 3.8) is 0 Å². The van der Waals surface area contributed by atoms with Crippen molar-refractivity contribution in [1.82, 2.24) is 15.1 Å². The van der Waals surface area contributed by atoms with E-state index in [2.05, 4.69) is 17.3 Å². The number of carbonyl (C=O) groups excluding carboxylic acids is 1. The number of esters is 1. The number of hydrogen-bond acceptors (Lipinski definition) is 5. The van der Waals surface area contributed by atoms with Crippen molar-refractivity contribution in [2.45, 2.75) is 37.8 Å². The molecular weight excluding hydrogens is 262 g/mol. The van der Waals surface area contributed by atoms with E-state index in [9.17, 15) is 4.79 Å². The Hall–Kier alpha value is -1.01. The van der Waals surface area contributed by atoms with Crippen LogP contribution in [0.3, 0.4) is 0 Å². The molecule has 0 amide bonds. The van der Waals surface area contributed by atoms with Crippen molar-refractivity contribution in [1.29, 1.82) is 0 Å². The third-order valence-electron chi connectivity index (χ3n) is 2.87. The summed E-state index contributed by atoms with van der Waals surface area (Å²) in [6, 6.07) is 2.02. The van der Waals surface area contributed by atoms with Gasteiger partial charge in [0, 0.05) is 12.8 Å². The number of ether oxygens (including phenoxy) is 1. The minimum atomic E-state index is -0.673. The molecule has 1 N–H and O–H groups in total. The summed E-state index contributed by atoms with van der Waals surface area (Å²) in [6.45, 7) is 6.70. The van der Waals surface area contributed by atoms with Crippen molar-refractivity contribution in [3.05, 3.63) is 11.8 Å². The van der Waals surface area contributed by atoms with Gasteiger partial charge >= 0.3 is 5.97 Å². The van der Waals surface area contributed by atoms with Crippen LogP contribution >= 0.6 is 11.8 Å². The Balaban J connectivity index is 2.72. The maximum atomic E-state index is 11.9.